The van der Waals surface area contributed by atoms with Gasteiger partial charge in [-0.05, 0) is 56.0 Å². The van der Waals surface area contributed by atoms with Gasteiger partial charge in [0.15, 0.2) is 0 Å². The van der Waals surface area contributed by atoms with Gasteiger partial charge in [-0.25, -0.2) is 13.8 Å². The number of amides is 1. The Kier molecular flexibility index (Phi) is 6.67. The van der Waals surface area contributed by atoms with Gasteiger partial charge in [0.1, 0.15) is 17.7 Å². The Balaban J connectivity index is 1.21. The number of aryl methyl sites for hydroxylation is 2. The Morgan fingerprint density at radius 1 is 1.17 bits per heavy atom. The number of rotatable bonds is 5. The topological polar surface area (TPSA) is 54.5 Å². The van der Waals surface area contributed by atoms with Gasteiger partial charge in [-0.2, -0.15) is 0 Å². The molecule has 182 valence electrons. The van der Waals surface area contributed by atoms with Gasteiger partial charge in [0, 0.05) is 24.4 Å². The Bertz CT molecular complexity index is 1260. The molecule has 5 nitrogen and oxygen atoms in total. The maximum Gasteiger partial charge on any atom is 0.227 e. The number of halogens is 2. The minimum absolute atomic E-state index is 0.122. The summed E-state index contributed by atoms with van der Waals surface area (Å²) in [7, 11) is 0. The molecular weight excluding hydrogens is 468 g/mol. The van der Waals surface area contributed by atoms with E-state index in [2.05, 4.69) is 23.7 Å². The summed E-state index contributed by atoms with van der Waals surface area (Å²) in [6, 6.07) is 9.99. The second kappa shape index (κ2) is 9.87. The fourth-order valence-electron chi connectivity index (χ4n) is 4.65. The Morgan fingerprint density at radius 2 is 1.91 bits per heavy atom. The number of thiazole rings is 1. The van der Waals surface area contributed by atoms with Crippen LogP contribution in [-0.4, -0.2) is 28.9 Å². The van der Waals surface area contributed by atoms with Crippen molar-refractivity contribution in [2.24, 2.45) is 0 Å². The molecule has 1 N–H and O–H groups in total. The number of benzene rings is 2. The lowest BCUT2D eigenvalue weighted by Crippen LogP contribution is -2.38. The third-order valence-corrected chi connectivity index (χ3v) is 7.75. The van der Waals surface area contributed by atoms with Gasteiger partial charge < -0.3 is 4.90 Å². The van der Waals surface area contributed by atoms with Crippen LogP contribution in [0.5, 0.6) is 0 Å². The van der Waals surface area contributed by atoms with Crippen LogP contribution in [0.15, 0.2) is 47.9 Å². The van der Waals surface area contributed by atoms with Crippen molar-refractivity contribution in [1.29, 1.82) is 0 Å². The van der Waals surface area contributed by atoms with Crippen molar-refractivity contribution in [2.75, 3.05) is 13.1 Å². The largest absolute Gasteiger partial charge is 0.342 e. The molecule has 1 saturated heterocycles. The summed E-state index contributed by atoms with van der Waals surface area (Å²) in [5.74, 6) is -0.846. The molecule has 0 saturated carbocycles. The van der Waals surface area contributed by atoms with E-state index in [4.69, 9.17) is 9.82 Å². The zero-order valence-corrected chi connectivity index (χ0v) is 20.5. The number of carbonyl (C=O) groups excluding carboxylic acids is 1. The second-order valence-electron chi connectivity index (χ2n) is 9.19. The molecule has 1 atom stereocenters. The molecule has 8 heteroatoms. The predicted octanol–water partition coefficient (Wildman–Crippen LogP) is 5.60. The SMILES string of the molecule is Cc1ccc(C)c(CC(=O)N2CCC(c3nc(C4=CC(c5c(F)cccc5F)ON4)cs3)CC2)c1. The number of piperidine rings is 1. The molecule has 2 aliphatic heterocycles. The predicted molar refractivity (Wildman–Crippen MR) is 132 cm³/mol. The van der Waals surface area contributed by atoms with Gasteiger partial charge in [-0.3, -0.25) is 15.1 Å². The molecule has 1 unspecified atom stereocenters. The number of aromatic nitrogens is 1. The molecule has 0 radical (unpaired) electrons. The average Bonchev–Trinajstić information content (AvgIpc) is 3.52. The first-order chi connectivity index (χ1) is 16.9. The molecule has 5 rings (SSSR count). The van der Waals surface area contributed by atoms with E-state index in [1.54, 1.807) is 17.4 Å². The van der Waals surface area contributed by atoms with Crippen molar-refractivity contribution in [1.82, 2.24) is 15.4 Å². The van der Waals surface area contributed by atoms with Gasteiger partial charge in [-0.1, -0.05) is 29.8 Å². The van der Waals surface area contributed by atoms with Crippen LogP contribution in [0.25, 0.3) is 5.70 Å². The quantitative estimate of drug-likeness (QED) is 0.500. The van der Waals surface area contributed by atoms with Crippen LogP contribution < -0.4 is 5.48 Å². The standard InChI is InChI=1S/C27H27F2N3O2S/c1-16-6-7-17(2)19(12-16)13-25(33)32-10-8-18(9-11-32)27-30-23(15-35-27)22-14-24(34-31-22)26-20(28)4-3-5-21(26)29/h3-7,12,14-15,18,24,31H,8-11,13H2,1-2H3. The number of carbonyl (C=O) groups is 1. The van der Waals surface area contributed by atoms with Crippen molar-refractivity contribution < 1.29 is 18.4 Å². The fraction of sp³-hybridized carbons (Fsp3) is 0.333. The van der Waals surface area contributed by atoms with Crippen LogP contribution in [0.3, 0.4) is 0 Å². The summed E-state index contributed by atoms with van der Waals surface area (Å²) in [5, 5.41) is 2.93. The summed E-state index contributed by atoms with van der Waals surface area (Å²) in [6.45, 7) is 5.51. The number of nitrogens with zero attached hydrogens (tertiary/aromatic N) is 2. The normalized spacial score (nSPS) is 18.5. The lowest BCUT2D eigenvalue weighted by molar-refractivity contribution is -0.131. The summed E-state index contributed by atoms with van der Waals surface area (Å²) in [6.07, 6.45) is 2.94. The molecule has 0 bridgehead atoms. The molecular formula is C27H27F2N3O2S. The van der Waals surface area contributed by atoms with Gasteiger partial charge in [0.05, 0.1) is 28.4 Å². The summed E-state index contributed by atoms with van der Waals surface area (Å²) < 4.78 is 28.2. The second-order valence-corrected chi connectivity index (χ2v) is 10.1. The average molecular weight is 496 g/mol. The lowest BCUT2D eigenvalue weighted by Gasteiger charge is -2.31. The molecule has 0 spiro atoms. The van der Waals surface area contributed by atoms with Crippen LogP contribution in [0.4, 0.5) is 8.78 Å². The maximum atomic E-state index is 14.1. The first-order valence-corrected chi connectivity index (χ1v) is 12.6. The van der Waals surface area contributed by atoms with E-state index >= 15 is 0 Å². The summed E-state index contributed by atoms with van der Waals surface area (Å²) in [4.78, 5) is 25.0. The van der Waals surface area contributed by atoms with E-state index in [1.165, 1.54) is 23.8 Å². The molecule has 1 amide bonds. The zero-order valence-electron chi connectivity index (χ0n) is 19.7. The minimum atomic E-state index is -0.859. The summed E-state index contributed by atoms with van der Waals surface area (Å²) >= 11 is 1.56. The van der Waals surface area contributed by atoms with Gasteiger partial charge in [0.2, 0.25) is 5.91 Å². The van der Waals surface area contributed by atoms with E-state index in [-0.39, 0.29) is 17.4 Å². The van der Waals surface area contributed by atoms with Crippen molar-refractivity contribution in [3.05, 3.63) is 92.4 Å². The number of hydrogen-bond donors (Lipinski definition) is 1. The highest BCUT2D eigenvalue weighted by molar-refractivity contribution is 7.09. The van der Waals surface area contributed by atoms with E-state index in [1.807, 2.05) is 24.1 Å². The molecule has 1 fully saturated rings. The van der Waals surface area contributed by atoms with Gasteiger partial charge in [0.25, 0.3) is 0 Å². The number of hydrogen-bond acceptors (Lipinski definition) is 5. The monoisotopic (exact) mass is 495 g/mol. The van der Waals surface area contributed by atoms with Crippen molar-refractivity contribution in [2.45, 2.75) is 45.1 Å². The number of nitrogens with one attached hydrogen (secondary N) is 1. The van der Waals surface area contributed by atoms with E-state index in [0.29, 0.717) is 30.9 Å². The number of hydroxylamine groups is 1. The van der Waals surface area contributed by atoms with Crippen LogP contribution in [0.2, 0.25) is 0 Å². The van der Waals surface area contributed by atoms with Crippen molar-refractivity contribution in [3.63, 3.8) is 0 Å². The van der Waals surface area contributed by atoms with Gasteiger partial charge in [-0.15, -0.1) is 11.3 Å². The lowest BCUT2D eigenvalue weighted by atomic mass is 9.96. The molecule has 3 aromatic rings. The minimum Gasteiger partial charge on any atom is -0.342 e. The first-order valence-electron chi connectivity index (χ1n) is 11.8. The van der Waals surface area contributed by atoms with Crippen LogP contribution in [0, 0.1) is 25.5 Å². The van der Waals surface area contributed by atoms with Crippen LogP contribution >= 0.6 is 11.3 Å². The first kappa shape index (κ1) is 23.6. The molecule has 35 heavy (non-hydrogen) atoms. The highest BCUT2D eigenvalue weighted by Gasteiger charge is 2.29. The van der Waals surface area contributed by atoms with E-state index in [0.717, 1.165) is 29.0 Å². The third-order valence-electron chi connectivity index (χ3n) is 6.74. The number of likely N-dealkylation sites (tertiary alicyclic amines) is 1. The molecule has 0 aliphatic carbocycles. The zero-order chi connectivity index (χ0) is 24.5. The summed E-state index contributed by atoms with van der Waals surface area (Å²) in [5.41, 5.74) is 7.34. The highest BCUT2D eigenvalue weighted by atomic mass is 32.1. The van der Waals surface area contributed by atoms with Gasteiger partial charge >= 0.3 is 0 Å². The third kappa shape index (κ3) is 4.99. The van der Waals surface area contributed by atoms with Crippen LogP contribution in [-0.2, 0) is 16.1 Å². The molecule has 2 aromatic carbocycles. The van der Waals surface area contributed by atoms with E-state index < -0.39 is 17.7 Å². The Hall–Kier alpha value is -3.10. The van der Waals surface area contributed by atoms with Crippen LogP contribution in [0.1, 0.15) is 57.8 Å². The molecule has 1 aromatic heterocycles. The van der Waals surface area contributed by atoms with Crippen molar-refractivity contribution in [3.8, 4) is 0 Å². The maximum absolute atomic E-state index is 14.1. The fourth-order valence-corrected chi connectivity index (χ4v) is 5.64. The highest BCUT2D eigenvalue weighted by Crippen LogP contribution is 2.35. The smallest absolute Gasteiger partial charge is 0.227 e. The molecule has 2 aliphatic rings. The Labute approximate surface area is 207 Å². The Morgan fingerprint density at radius 3 is 2.66 bits per heavy atom. The van der Waals surface area contributed by atoms with Crippen molar-refractivity contribution >= 4 is 22.9 Å². The van der Waals surface area contributed by atoms with E-state index in [9.17, 15) is 13.6 Å². The molecule has 3 heterocycles.